The number of rotatable bonds is 5. The van der Waals surface area contributed by atoms with Crippen molar-refractivity contribution in [3.8, 4) is 6.07 Å². The third kappa shape index (κ3) is 4.52. The summed E-state index contributed by atoms with van der Waals surface area (Å²) in [6.45, 7) is 2.98. The highest BCUT2D eigenvalue weighted by Gasteiger charge is 2.35. The van der Waals surface area contributed by atoms with Gasteiger partial charge < -0.3 is 5.32 Å². The first-order valence-electron chi connectivity index (χ1n) is 8.75. The number of nitrogens with one attached hydrogen (secondary N) is 1. The van der Waals surface area contributed by atoms with Crippen molar-refractivity contribution in [3.05, 3.63) is 35.9 Å². The minimum absolute atomic E-state index is 0.0509. The van der Waals surface area contributed by atoms with E-state index >= 15 is 0 Å². The van der Waals surface area contributed by atoms with Gasteiger partial charge in [-0.15, -0.1) is 0 Å². The second-order valence-electron chi connectivity index (χ2n) is 6.93. The summed E-state index contributed by atoms with van der Waals surface area (Å²) in [5.74, 6) is 2.38. The molecule has 1 atom stereocenters. The minimum Gasteiger partial charge on any atom is -0.338 e. The van der Waals surface area contributed by atoms with Crippen LogP contribution in [0.2, 0.25) is 0 Å². The van der Waals surface area contributed by atoms with Crippen LogP contribution in [0.25, 0.3) is 0 Å². The molecule has 0 bridgehead atoms. The molecular weight excluding hydrogens is 318 g/mol. The van der Waals surface area contributed by atoms with Gasteiger partial charge in [-0.1, -0.05) is 30.3 Å². The van der Waals surface area contributed by atoms with Gasteiger partial charge in [-0.3, -0.25) is 9.69 Å². The molecule has 128 valence electrons. The Balaban J connectivity index is 1.46. The average molecular weight is 343 g/mol. The fourth-order valence-corrected chi connectivity index (χ4v) is 4.82. The van der Waals surface area contributed by atoms with Crippen LogP contribution in [-0.4, -0.2) is 40.9 Å². The Hall–Kier alpha value is -1.51. The fourth-order valence-electron chi connectivity index (χ4n) is 3.63. The van der Waals surface area contributed by atoms with E-state index in [9.17, 15) is 10.1 Å². The molecule has 1 aromatic carbocycles. The lowest BCUT2D eigenvalue weighted by Crippen LogP contribution is -2.50. The van der Waals surface area contributed by atoms with Crippen LogP contribution in [-0.2, 0) is 11.3 Å². The van der Waals surface area contributed by atoms with Gasteiger partial charge in [0.05, 0.1) is 6.07 Å². The molecule has 2 aliphatic rings. The number of hydrogen-bond donors (Lipinski definition) is 1. The zero-order valence-corrected chi connectivity index (χ0v) is 14.9. The van der Waals surface area contributed by atoms with Crippen molar-refractivity contribution in [2.24, 2.45) is 5.92 Å². The first-order valence-corrected chi connectivity index (χ1v) is 9.91. The molecule has 0 aliphatic carbocycles. The van der Waals surface area contributed by atoms with Crippen LogP contribution in [0.3, 0.4) is 0 Å². The summed E-state index contributed by atoms with van der Waals surface area (Å²) >= 11 is 1.86. The number of thioether (sulfide) groups is 1. The molecule has 0 radical (unpaired) electrons. The van der Waals surface area contributed by atoms with Gasteiger partial charge in [-0.05, 0) is 48.8 Å². The number of amides is 1. The predicted octanol–water partition coefficient (Wildman–Crippen LogP) is 2.80. The third-order valence-corrected chi connectivity index (χ3v) is 6.02. The van der Waals surface area contributed by atoms with E-state index in [4.69, 9.17) is 0 Å². The van der Waals surface area contributed by atoms with Gasteiger partial charge in [0.25, 0.3) is 0 Å². The molecule has 5 heteroatoms. The summed E-state index contributed by atoms with van der Waals surface area (Å²) in [7, 11) is 0. The number of nitriles is 1. The Morgan fingerprint density at radius 3 is 2.79 bits per heavy atom. The normalized spacial score (nSPS) is 23.5. The van der Waals surface area contributed by atoms with Crippen molar-refractivity contribution in [1.29, 1.82) is 5.26 Å². The molecule has 2 saturated heterocycles. The monoisotopic (exact) mass is 343 g/mol. The second kappa shape index (κ2) is 8.04. The largest absolute Gasteiger partial charge is 0.338 e. The molecule has 0 aromatic heterocycles. The van der Waals surface area contributed by atoms with Crippen LogP contribution >= 0.6 is 11.8 Å². The topological polar surface area (TPSA) is 56.1 Å². The zero-order valence-electron chi connectivity index (χ0n) is 14.0. The predicted molar refractivity (Wildman–Crippen MR) is 97.5 cm³/mol. The number of likely N-dealkylation sites (tertiary alicyclic amines) is 1. The third-order valence-electron chi connectivity index (χ3n) is 5.03. The van der Waals surface area contributed by atoms with E-state index in [1.807, 2.05) is 17.8 Å². The maximum Gasteiger partial charge on any atom is 0.221 e. The smallest absolute Gasteiger partial charge is 0.221 e. The minimum atomic E-state index is -0.620. The number of hydrogen-bond acceptors (Lipinski definition) is 4. The molecule has 3 rings (SSSR count). The lowest BCUT2D eigenvalue weighted by molar-refractivity contribution is -0.123. The molecule has 2 heterocycles. The Labute approximate surface area is 148 Å². The first kappa shape index (κ1) is 17.3. The van der Waals surface area contributed by atoms with Gasteiger partial charge in [-0.2, -0.15) is 17.0 Å². The number of benzene rings is 1. The van der Waals surface area contributed by atoms with E-state index in [0.717, 1.165) is 50.4 Å². The van der Waals surface area contributed by atoms with Crippen LogP contribution in [0.1, 0.15) is 31.2 Å². The number of carbonyl (C=O) groups is 1. The first-order chi connectivity index (χ1) is 11.7. The Bertz CT molecular complexity index is 592. The SMILES string of the molecule is N#CC1(NC(=O)CC2CCN(Cc3ccccc3)C2)CCSCC1. The maximum absolute atomic E-state index is 12.4. The highest BCUT2D eigenvalue weighted by Crippen LogP contribution is 2.27. The van der Waals surface area contributed by atoms with Crippen molar-refractivity contribution >= 4 is 17.7 Å². The lowest BCUT2D eigenvalue weighted by atomic mass is 9.93. The van der Waals surface area contributed by atoms with Gasteiger partial charge in [0.15, 0.2) is 0 Å². The highest BCUT2D eigenvalue weighted by molar-refractivity contribution is 7.99. The van der Waals surface area contributed by atoms with Gasteiger partial charge >= 0.3 is 0 Å². The average Bonchev–Trinajstić information content (AvgIpc) is 3.03. The summed E-state index contributed by atoms with van der Waals surface area (Å²) < 4.78 is 0. The quantitative estimate of drug-likeness (QED) is 0.893. The molecule has 2 aliphatic heterocycles. The van der Waals surface area contributed by atoms with E-state index < -0.39 is 5.54 Å². The zero-order chi connectivity index (χ0) is 16.8. The molecule has 1 aromatic rings. The molecule has 1 unspecified atom stereocenters. The molecular formula is C19H25N3OS. The summed E-state index contributed by atoms with van der Waals surface area (Å²) in [5.41, 5.74) is 0.704. The summed E-state index contributed by atoms with van der Waals surface area (Å²) in [6.07, 6.45) is 3.15. The van der Waals surface area contributed by atoms with E-state index in [1.54, 1.807) is 0 Å². The van der Waals surface area contributed by atoms with Crippen molar-refractivity contribution in [2.45, 2.75) is 37.8 Å². The Morgan fingerprint density at radius 1 is 1.33 bits per heavy atom. The summed E-state index contributed by atoms with van der Waals surface area (Å²) in [6, 6.07) is 12.8. The van der Waals surface area contributed by atoms with Gasteiger partial charge in [0, 0.05) is 19.5 Å². The van der Waals surface area contributed by atoms with E-state index in [2.05, 4.69) is 40.6 Å². The van der Waals surface area contributed by atoms with Gasteiger partial charge in [0.1, 0.15) is 5.54 Å². The maximum atomic E-state index is 12.4. The summed E-state index contributed by atoms with van der Waals surface area (Å²) in [4.78, 5) is 14.8. The van der Waals surface area contributed by atoms with Crippen LogP contribution in [0, 0.1) is 17.2 Å². The second-order valence-corrected chi connectivity index (χ2v) is 8.16. The molecule has 0 saturated carbocycles. The van der Waals surface area contributed by atoms with Crippen LogP contribution in [0.5, 0.6) is 0 Å². The van der Waals surface area contributed by atoms with E-state index in [-0.39, 0.29) is 5.91 Å². The molecule has 1 amide bonds. The Kier molecular flexibility index (Phi) is 5.80. The van der Waals surface area contributed by atoms with Crippen LogP contribution in [0.15, 0.2) is 30.3 Å². The van der Waals surface area contributed by atoms with Crippen LogP contribution in [0.4, 0.5) is 0 Å². The molecule has 2 fully saturated rings. The molecule has 4 nitrogen and oxygen atoms in total. The van der Waals surface area contributed by atoms with Crippen molar-refractivity contribution in [1.82, 2.24) is 10.2 Å². The highest BCUT2D eigenvalue weighted by atomic mass is 32.2. The van der Waals surface area contributed by atoms with Crippen molar-refractivity contribution in [2.75, 3.05) is 24.6 Å². The van der Waals surface area contributed by atoms with Crippen molar-refractivity contribution in [3.63, 3.8) is 0 Å². The fraction of sp³-hybridized carbons (Fsp3) is 0.579. The number of carbonyl (C=O) groups excluding carboxylic acids is 1. The lowest BCUT2D eigenvalue weighted by Gasteiger charge is -2.31. The van der Waals surface area contributed by atoms with Crippen molar-refractivity contribution < 1.29 is 4.79 Å². The van der Waals surface area contributed by atoms with Gasteiger partial charge in [-0.25, -0.2) is 0 Å². The molecule has 24 heavy (non-hydrogen) atoms. The van der Waals surface area contributed by atoms with Crippen LogP contribution < -0.4 is 5.32 Å². The van der Waals surface area contributed by atoms with Gasteiger partial charge in [0.2, 0.25) is 5.91 Å². The van der Waals surface area contributed by atoms with E-state index in [0.29, 0.717) is 12.3 Å². The molecule has 1 N–H and O–H groups in total. The van der Waals surface area contributed by atoms with E-state index in [1.165, 1.54) is 5.56 Å². The molecule has 0 spiro atoms. The Morgan fingerprint density at radius 2 is 2.08 bits per heavy atom. The standard InChI is InChI=1S/C19H25N3OS/c20-15-19(7-10-24-11-8-19)21-18(23)12-17-6-9-22(14-17)13-16-4-2-1-3-5-16/h1-5,17H,6-14H2,(H,21,23). The summed E-state index contributed by atoms with van der Waals surface area (Å²) in [5, 5.41) is 12.5. The number of nitrogens with zero attached hydrogens (tertiary/aromatic N) is 2.